The maximum Gasteiger partial charge on any atom is 0.300 e. The van der Waals surface area contributed by atoms with Crippen molar-refractivity contribution in [3.8, 4) is 11.7 Å². The molecule has 0 saturated carbocycles. The van der Waals surface area contributed by atoms with Crippen LogP contribution in [0, 0.1) is 0 Å². The van der Waals surface area contributed by atoms with Crippen LogP contribution >= 0.6 is 0 Å². The Morgan fingerprint density at radius 2 is 2.00 bits per heavy atom. The number of hydrogen-bond acceptors (Lipinski definition) is 2. The lowest BCUT2D eigenvalue weighted by Gasteiger charge is -2.04. The highest BCUT2D eigenvalue weighted by Gasteiger charge is 2.02. The molecule has 0 spiro atoms. The minimum absolute atomic E-state index is 0.603. The van der Waals surface area contributed by atoms with Crippen LogP contribution in [-0.4, -0.2) is 16.7 Å². The summed E-state index contributed by atoms with van der Waals surface area (Å²) < 4.78 is 6.98. The Bertz CT molecular complexity index is 381. The van der Waals surface area contributed by atoms with Gasteiger partial charge in [0.2, 0.25) is 0 Å². The molecule has 0 atom stereocenters. The van der Waals surface area contributed by atoms with Crippen molar-refractivity contribution in [1.29, 1.82) is 0 Å². The van der Waals surface area contributed by atoms with Gasteiger partial charge in [0.1, 0.15) is 0 Å². The smallest absolute Gasteiger partial charge is 0.300 e. The standard InChI is InChI=1S/C10H10N2O/c1-13-10-11-7-8-12(10)9-5-3-2-4-6-9/h2-8H,1H3. The monoisotopic (exact) mass is 174 g/mol. The minimum atomic E-state index is 0.603. The molecule has 0 amide bonds. The predicted molar refractivity (Wildman–Crippen MR) is 50.1 cm³/mol. The second-order valence-electron chi connectivity index (χ2n) is 2.62. The number of imidazole rings is 1. The van der Waals surface area contributed by atoms with Gasteiger partial charge >= 0.3 is 6.01 Å². The van der Waals surface area contributed by atoms with Crippen molar-refractivity contribution in [2.45, 2.75) is 0 Å². The molecule has 0 aliphatic carbocycles. The summed E-state index contributed by atoms with van der Waals surface area (Å²) in [4.78, 5) is 4.05. The van der Waals surface area contributed by atoms with Crippen LogP contribution in [0.2, 0.25) is 0 Å². The lowest BCUT2D eigenvalue weighted by atomic mass is 10.3. The molecule has 0 bridgehead atoms. The summed E-state index contributed by atoms with van der Waals surface area (Å²) in [6.45, 7) is 0. The fourth-order valence-electron chi connectivity index (χ4n) is 1.23. The Hall–Kier alpha value is -1.77. The zero-order valence-corrected chi connectivity index (χ0v) is 7.34. The molecule has 0 N–H and O–H groups in total. The molecular weight excluding hydrogens is 164 g/mol. The van der Waals surface area contributed by atoms with Crippen LogP contribution in [0.1, 0.15) is 0 Å². The number of methoxy groups -OCH3 is 1. The Labute approximate surface area is 76.6 Å². The third kappa shape index (κ3) is 1.40. The second kappa shape index (κ2) is 3.31. The first-order valence-electron chi connectivity index (χ1n) is 4.04. The lowest BCUT2D eigenvalue weighted by Crippen LogP contribution is -1.96. The Kier molecular flexibility index (Phi) is 2.00. The molecular formula is C10H10N2O. The summed E-state index contributed by atoms with van der Waals surface area (Å²) >= 11 is 0. The number of rotatable bonds is 2. The zero-order chi connectivity index (χ0) is 9.10. The summed E-state index contributed by atoms with van der Waals surface area (Å²) in [5, 5.41) is 0. The van der Waals surface area contributed by atoms with Crippen LogP contribution in [0.5, 0.6) is 6.01 Å². The van der Waals surface area contributed by atoms with Gasteiger partial charge in [0.15, 0.2) is 0 Å². The van der Waals surface area contributed by atoms with E-state index in [1.165, 1.54) is 0 Å². The van der Waals surface area contributed by atoms with Gasteiger partial charge in [-0.25, -0.2) is 4.98 Å². The Morgan fingerprint density at radius 1 is 1.23 bits per heavy atom. The minimum Gasteiger partial charge on any atom is -0.468 e. The van der Waals surface area contributed by atoms with E-state index in [1.54, 1.807) is 13.3 Å². The fraction of sp³-hybridized carbons (Fsp3) is 0.100. The van der Waals surface area contributed by atoms with E-state index in [2.05, 4.69) is 4.98 Å². The van der Waals surface area contributed by atoms with E-state index < -0.39 is 0 Å². The number of benzene rings is 1. The highest BCUT2D eigenvalue weighted by Crippen LogP contribution is 2.14. The van der Waals surface area contributed by atoms with Gasteiger partial charge in [-0.15, -0.1) is 0 Å². The third-order valence-electron chi connectivity index (χ3n) is 1.82. The molecule has 1 aromatic heterocycles. The van der Waals surface area contributed by atoms with E-state index in [1.807, 2.05) is 41.1 Å². The molecule has 1 aromatic carbocycles. The van der Waals surface area contributed by atoms with Crippen molar-refractivity contribution in [1.82, 2.24) is 9.55 Å². The summed E-state index contributed by atoms with van der Waals surface area (Å²) in [7, 11) is 1.61. The van der Waals surface area contributed by atoms with Gasteiger partial charge in [0.25, 0.3) is 0 Å². The topological polar surface area (TPSA) is 27.1 Å². The van der Waals surface area contributed by atoms with E-state index in [9.17, 15) is 0 Å². The molecule has 3 nitrogen and oxygen atoms in total. The van der Waals surface area contributed by atoms with Crippen LogP contribution in [-0.2, 0) is 0 Å². The number of ether oxygens (including phenoxy) is 1. The molecule has 0 aliphatic heterocycles. The lowest BCUT2D eigenvalue weighted by molar-refractivity contribution is 0.374. The number of hydrogen-bond donors (Lipinski definition) is 0. The van der Waals surface area contributed by atoms with Crippen molar-refractivity contribution in [3.05, 3.63) is 42.7 Å². The third-order valence-corrected chi connectivity index (χ3v) is 1.82. The average Bonchev–Trinajstić information content (AvgIpc) is 2.67. The predicted octanol–water partition coefficient (Wildman–Crippen LogP) is 1.88. The summed E-state index contributed by atoms with van der Waals surface area (Å²) in [6, 6.07) is 10.6. The molecule has 0 radical (unpaired) electrons. The van der Waals surface area contributed by atoms with Crippen molar-refractivity contribution in [2.75, 3.05) is 7.11 Å². The van der Waals surface area contributed by atoms with E-state index in [4.69, 9.17) is 4.74 Å². The first-order chi connectivity index (χ1) is 6.42. The normalized spacial score (nSPS) is 9.92. The van der Waals surface area contributed by atoms with Crippen LogP contribution in [0.25, 0.3) is 5.69 Å². The maximum atomic E-state index is 5.09. The van der Waals surface area contributed by atoms with Crippen molar-refractivity contribution >= 4 is 0 Å². The van der Waals surface area contributed by atoms with E-state index >= 15 is 0 Å². The van der Waals surface area contributed by atoms with Gasteiger partial charge in [-0.2, -0.15) is 0 Å². The molecule has 0 saturated heterocycles. The van der Waals surface area contributed by atoms with Gasteiger partial charge in [-0.05, 0) is 12.1 Å². The number of aromatic nitrogens is 2. The average molecular weight is 174 g/mol. The Balaban J connectivity index is 2.47. The van der Waals surface area contributed by atoms with Gasteiger partial charge in [0, 0.05) is 12.4 Å². The number of para-hydroxylation sites is 1. The molecule has 2 aromatic rings. The molecule has 0 unspecified atom stereocenters. The van der Waals surface area contributed by atoms with Crippen molar-refractivity contribution in [2.24, 2.45) is 0 Å². The molecule has 2 rings (SSSR count). The zero-order valence-electron chi connectivity index (χ0n) is 7.34. The van der Waals surface area contributed by atoms with Gasteiger partial charge < -0.3 is 4.74 Å². The molecule has 66 valence electrons. The summed E-state index contributed by atoms with van der Waals surface area (Å²) in [5.41, 5.74) is 1.05. The van der Waals surface area contributed by atoms with Crippen LogP contribution < -0.4 is 4.74 Å². The Morgan fingerprint density at radius 3 is 2.69 bits per heavy atom. The van der Waals surface area contributed by atoms with Crippen LogP contribution in [0.4, 0.5) is 0 Å². The van der Waals surface area contributed by atoms with Gasteiger partial charge in [-0.1, -0.05) is 18.2 Å². The first-order valence-corrected chi connectivity index (χ1v) is 4.04. The van der Waals surface area contributed by atoms with Crippen LogP contribution in [0.3, 0.4) is 0 Å². The summed E-state index contributed by atoms with van der Waals surface area (Å²) in [6.07, 6.45) is 3.58. The van der Waals surface area contributed by atoms with Crippen molar-refractivity contribution < 1.29 is 4.74 Å². The number of nitrogens with zero attached hydrogens (tertiary/aromatic N) is 2. The summed E-state index contributed by atoms with van der Waals surface area (Å²) in [5.74, 6) is 0. The van der Waals surface area contributed by atoms with Gasteiger partial charge in [-0.3, -0.25) is 4.57 Å². The molecule has 1 heterocycles. The van der Waals surface area contributed by atoms with Crippen molar-refractivity contribution in [3.63, 3.8) is 0 Å². The fourth-order valence-corrected chi connectivity index (χ4v) is 1.23. The molecule has 3 heteroatoms. The van der Waals surface area contributed by atoms with E-state index in [0.29, 0.717) is 6.01 Å². The second-order valence-corrected chi connectivity index (χ2v) is 2.62. The quantitative estimate of drug-likeness (QED) is 0.695. The SMILES string of the molecule is COc1nccn1-c1ccccc1. The molecule has 0 aliphatic rings. The van der Waals surface area contributed by atoms with E-state index in [-0.39, 0.29) is 0 Å². The van der Waals surface area contributed by atoms with Crippen LogP contribution in [0.15, 0.2) is 42.7 Å². The largest absolute Gasteiger partial charge is 0.468 e. The van der Waals surface area contributed by atoms with Gasteiger partial charge in [0.05, 0.1) is 12.8 Å². The van der Waals surface area contributed by atoms with E-state index in [0.717, 1.165) is 5.69 Å². The maximum absolute atomic E-state index is 5.09. The molecule has 0 fully saturated rings. The molecule has 13 heavy (non-hydrogen) atoms. The first kappa shape index (κ1) is 7.86. The highest BCUT2D eigenvalue weighted by atomic mass is 16.5. The highest BCUT2D eigenvalue weighted by molar-refractivity contribution is 5.34.